The fraction of sp³-hybridized carbons (Fsp3) is 0.200. The molecule has 0 N–H and O–H groups in total. The topological polar surface area (TPSA) is 417 Å². The number of azo groups is 2. The Morgan fingerprint density at radius 2 is 0.743 bits per heavy atom. The van der Waals surface area contributed by atoms with E-state index in [0.29, 0.717) is 12.1 Å². The Hall–Kier alpha value is -1.24. The molecule has 2 aliphatic heterocycles. The van der Waals surface area contributed by atoms with Crippen LogP contribution in [0.3, 0.4) is 0 Å². The minimum Gasteiger partial charge on any atom is -0.871 e. The molecule has 0 aromatic heterocycles. The molecular weight excluding hydrogens is 1200 g/mol. The summed E-state index contributed by atoms with van der Waals surface area (Å²) in [5.74, 6) is -4.54. The van der Waals surface area contributed by atoms with Crippen molar-refractivity contribution in [3.8, 4) is 34.1 Å². The van der Waals surface area contributed by atoms with Crippen LogP contribution in [-0.2, 0) is 84.1 Å². The summed E-state index contributed by atoms with van der Waals surface area (Å²) in [4.78, 5) is -4.26. The van der Waals surface area contributed by atoms with Crippen LogP contribution in [0.5, 0.6) is 23.0 Å². The van der Waals surface area contributed by atoms with Crippen molar-refractivity contribution >= 4 is 84.8 Å². The van der Waals surface area contributed by atoms with Crippen LogP contribution in [0.4, 0.5) is 22.7 Å². The number of rotatable bonds is 9. The summed E-state index contributed by atoms with van der Waals surface area (Å²) in [7, 11) is -20.9. The third-order valence-corrected chi connectivity index (χ3v) is 12.8. The second-order valence-corrected chi connectivity index (χ2v) is 19.5. The van der Waals surface area contributed by atoms with Gasteiger partial charge in [0, 0.05) is 47.0 Å². The average molecular weight is 1230 g/mol. The summed E-state index contributed by atoms with van der Waals surface area (Å²) in [6, 6.07) is 12.9. The normalized spacial score (nSPS) is 13.7. The fourth-order valence-electron chi connectivity index (χ4n) is 6.23. The van der Waals surface area contributed by atoms with Gasteiger partial charge >= 0.3 is 152 Å². The number of benzene rings is 6. The molecule has 2 aliphatic rings. The van der Waals surface area contributed by atoms with Gasteiger partial charge in [0.1, 0.15) is 40.5 Å². The van der Waals surface area contributed by atoms with Gasteiger partial charge in [-0.2, -0.15) is 20.5 Å². The summed E-state index contributed by atoms with van der Waals surface area (Å²) in [5, 5.41) is 73.4. The largest absolute Gasteiger partial charge is 2.00 e. The molecule has 0 unspecified atom stereocenters. The van der Waals surface area contributed by atoms with Crippen molar-refractivity contribution in [3.05, 3.63) is 95.6 Å². The number of morpholine rings is 2. The molecule has 74 heavy (non-hydrogen) atoms. The van der Waals surface area contributed by atoms with E-state index in [4.69, 9.17) is 9.47 Å². The maximum Gasteiger partial charge on any atom is 2.00 e. The standard InChI is InChI=1S/C32H22N4O16S4.2C4H8NO.2Cu.4Na/c37-25-11-15(1-7-23(25)33-35-29-21-5-3-19(53(41,42)43)9-17(21)13-27(31(29)39)55(47,48)49)16-2-8-24(26(38)12-16)34-36-30-22-6-4-20(54(44,45)46)10-18(22)14-28(32(30)40)56(50,51)52;2*1-3-6-4-2-5-1;;;;;;/h1-14,37-40H,(H,41,42,43)(H,44,45,46)(H,47,48,49)(H,50,51,52);2*1-4H2;;;;;;/q;2*-1;2*+2;4*+1/p-8. The number of hydrogen-bond acceptors (Lipinski definition) is 22. The molecule has 2 heterocycles. The van der Waals surface area contributed by atoms with Crippen molar-refractivity contribution in [1.29, 1.82) is 0 Å². The molecule has 0 amide bonds. The van der Waals surface area contributed by atoms with Crippen LogP contribution in [0.1, 0.15) is 0 Å². The van der Waals surface area contributed by atoms with Gasteiger partial charge in [0.25, 0.3) is 0 Å². The van der Waals surface area contributed by atoms with Crippen molar-refractivity contribution in [3.63, 3.8) is 0 Å². The van der Waals surface area contributed by atoms with Gasteiger partial charge in [0.05, 0.1) is 32.5 Å². The van der Waals surface area contributed by atoms with Crippen molar-refractivity contribution in [2.24, 2.45) is 20.5 Å². The molecule has 6 aromatic carbocycles. The van der Waals surface area contributed by atoms with Crippen LogP contribution in [0.2, 0.25) is 0 Å². The van der Waals surface area contributed by atoms with E-state index < -0.39 is 106 Å². The molecule has 380 valence electrons. The first kappa shape index (κ1) is 72.8. The predicted octanol–water partition coefficient (Wildman–Crippen LogP) is -8.81. The van der Waals surface area contributed by atoms with E-state index in [1.807, 2.05) is 0 Å². The monoisotopic (exact) mass is 1230 g/mol. The van der Waals surface area contributed by atoms with E-state index in [2.05, 4.69) is 31.1 Å². The molecule has 0 saturated carbocycles. The molecular formula is C40H30Cu2N6Na4O18S4-2. The maximum atomic E-state index is 13.0. The smallest absolute Gasteiger partial charge is 0.871 e. The fourth-order valence-corrected chi connectivity index (χ4v) is 8.43. The third-order valence-electron chi connectivity index (χ3n) is 9.47. The second kappa shape index (κ2) is 31.5. The third kappa shape index (κ3) is 19.5. The van der Waals surface area contributed by atoms with Crippen LogP contribution >= 0.6 is 0 Å². The molecule has 34 heteroatoms. The van der Waals surface area contributed by atoms with Gasteiger partial charge in [-0.15, -0.1) is 26.2 Å². The van der Waals surface area contributed by atoms with Crippen LogP contribution in [-0.4, -0.2) is 104 Å². The Morgan fingerprint density at radius 3 is 0.986 bits per heavy atom. The van der Waals surface area contributed by atoms with E-state index in [1.54, 1.807) is 0 Å². The summed E-state index contributed by atoms with van der Waals surface area (Å²) in [5.41, 5.74) is -2.14. The van der Waals surface area contributed by atoms with E-state index in [0.717, 1.165) is 113 Å². The minimum atomic E-state index is -5.44. The van der Waals surface area contributed by atoms with E-state index >= 15 is 0 Å². The van der Waals surface area contributed by atoms with Gasteiger partial charge in [-0.05, 0) is 70.4 Å². The first-order chi connectivity index (χ1) is 31.9. The number of nitrogens with zero attached hydrogens (tertiary/aromatic N) is 6. The van der Waals surface area contributed by atoms with Gasteiger partial charge in [-0.1, -0.05) is 59.4 Å². The summed E-state index contributed by atoms with van der Waals surface area (Å²) in [6.07, 6.45) is 0. The number of hydrogen-bond donors (Lipinski definition) is 0. The molecule has 0 aliphatic carbocycles. The molecule has 0 atom stereocenters. The van der Waals surface area contributed by atoms with Gasteiger partial charge in [-0.25, -0.2) is 33.7 Å². The van der Waals surface area contributed by atoms with Crippen molar-refractivity contribution in [1.82, 2.24) is 0 Å². The molecule has 24 nitrogen and oxygen atoms in total. The molecule has 8 rings (SSSR count). The molecule has 6 aromatic rings. The van der Waals surface area contributed by atoms with E-state index in [1.165, 1.54) is 12.1 Å². The van der Waals surface area contributed by atoms with Gasteiger partial charge in [-0.3, -0.25) is 0 Å². The summed E-state index contributed by atoms with van der Waals surface area (Å²) < 4.78 is 149. The Morgan fingerprint density at radius 1 is 0.419 bits per heavy atom. The Balaban J connectivity index is 0.00000260. The maximum absolute atomic E-state index is 13.0. The number of fused-ring (bicyclic) bond motifs is 2. The van der Waals surface area contributed by atoms with Gasteiger partial charge < -0.3 is 58.7 Å². The SMILES string of the molecule is C1COCC[N-]1.C1COCC[N-]1.O=S(=O)([O-])c1ccc2c(N=Nc3ccc(-c4ccc(N=Nc5c([O-])c(S(=O)(=O)[O-])cc6cc(S(=O)(=O)[O-])ccc56)c([O-])c4)cc3[O-])c([O-])c(S(=O)(=O)[O-])cc2c1.[Cu+2].[Cu+2].[Na+].[Na+].[Na+].[Na+]. The first-order valence-corrected chi connectivity index (χ1v) is 24.8. The summed E-state index contributed by atoms with van der Waals surface area (Å²) >= 11 is 0. The van der Waals surface area contributed by atoms with Gasteiger partial charge in [0.15, 0.2) is 0 Å². The predicted molar refractivity (Wildman–Crippen MR) is 226 cm³/mol. The number of ether oxygens (including phenoxy) is 2. The molecule has 2 fully saturated rings. The summed E-state index contributed by atoms with van der Waals surface area (Å²) in [6.45, 7) is 6.94. The molecule has 0 bridgehead atoms. The van der Waals surface area contributed by atoms with Crippen molar-refractivity contribution < 1.29 is 234 Å². The zero-order chi connectivity index (χ0) is 49.6. The van der Waals surface area contributed by atoms with Gasteiger partial charge in [0.2, 0.25) is 0 Å². The van der Waals surface area contributed by atoms with Crippen LogP contribution in [0.15, 0.2) is 125 Å². The van der Waals surface area contributed by atoms with Crippen LogP contribution < -0.4 is 139 Å². The van der Waals surface area contributed by atoms with E-state index in [9.17, 15) is 72.3 Å². The first-order valence-electron chi connectivity index (χ1n) is 19.2. The van der Waals surface area contributed by atoms with E-state index in [-0.39, 0.29) is 185 Å². The zero-order valence-electron chi connectivity index (χ0n) is 39.0. The minimum absolute atomic E-state index is 0. The Bertz CT molecular complexity index is 3210. The quantitative estimate of drug-likeness (QED) is 0.0737. The molecule has 0 spiro atoms. The Kier molecular flexibility index (Phi) is 31.0. The zero-order valence-corrected chi connectivity index (χ0v) is 52.2. The van der Waals surface area contributed by atoms with Crippen molar-refractivity contribution in [2.45, 2.75) is 19.6 Å². The van der Waals surface area contributed by atoms with Crippen molar-refractivity contribution in [2.75, 3.05) is 52.6 Å². The Labute approximate surface area is 534 Å². The average Bonchev–Trinajstić information content (AvgIpc) is 3.28. The van der Waals surface area contributed by atoms with Crippen LogP contribution in [0.25, 0.3) is 43.3 Å². The van der Waals surface area contributed by atoms with Crippen LogP contribution in [0, 0.1) is 0 Å². The molecule has 2 radical (unpaired) electrons. The second-order valence-electron chi connectivity index (χ2n) is 14.0. The molecule has 2 saturated heterocycles.